The van der Waals surface area contributed by atoms with Gasteiger partial charge in [-0.1, -0.05) is 13.2 Å². The molecule has 12 nitrogen and oxygen atoms in total. The summed E-state index contributed by atoms with van der Waals surface area (Å²) in [7, 11) is 0. The van der Waals surface area contributed by atoms with Gasteiger partial charge in [0.2, 0.25) is 0 Å². The van der Waals surface area contributed by atoms with Gasteiger partial charge in [-0.3, -0.25) is 0 Å². The number of nitrogens with one attached hydrogen (secondary N) is 2. The third kappa shape index (κ3) is 19.6. The molecule has 2 N–H and O–H groups in total. The molecular formula is C20H32N2O10S. The van der Waals surface area contributed by atoms with Crippen molar-refractivity contribution in [3.05, 3.63) is 25.3 Å². The van der Waals surface area contributed by atoms with Gasteiger partial charge >= 0.3 is 24.1 Å². The number of carbonyl (C=O) groups is 4. The zero-order chi connectivity index (χ0) is 24.7. The molecule has 1 unspecified atom stereocenters. The number of hydrogen-bond acceptors (Lipinski definition) is 11. The van der Waals surface area contributed by atoms with Crippen LogP contribution in [0.3, 0.4) is 0 Å². The van der Waals surface area contributed by atoms with E-state index in [2.05, 4.69) is 36.4 Å². The first kappa shape index (κ1) is 30.2. The molecule has 0 aliphatic heterocycles. The fourth-order valence-corrected chi connectivity index (χ4v) is 2.20. The van der Waals surface area contributed by atoms with Crippen LogP contribution in [0, 0.1) is 0 Å². The summed E-state index contributed by atoms with van der Waals surface area (Å²) >= 11 is 4.10. The molecular weight excluding hydrogens is 460 g/mol. The standard InChI is InChI=1S/C20H32N2O10S/c1-3-17(23)29-12-10-27-8-6-21-19(25)31-15-16(5-14-33)32-20(26)22-7-9-28-11-13-30-18(24)4-2/h3-4,16,33H,1-2,5-15H2,(H,21,25)(H,22,26). The van der Waals surface area contributed by atoms with Crippen LogP contribution in [0.15, 0.2) is 25.3 Å². The third-order valence-corrected chi connectivity index (χ3v) is 3.69. The Morgan fingerprint density at radius 1 is 0.758 bits per heavy atom. The van der Waals surface area contributed by atoms with Crippen molar-refractivity contribution in [2.45, 2.75) is 12.5 Å². The maximum absolute atomic E-state index is 11.8. The predicted octanol–water partition coefficient (Wildman–Crippen LogP) is 0.619. The van der Waals surface area contributed by atoms with E-state index < -0.39 is 30.2 Å². The summed E-state index contributed by atoms with van der Waals surface area (Å²) in [6.07, 6.45) is 0.406. The topological polar surface area (TPSA) is 148 Å². The van der Waals surface area contributed by atoms with Gasteiger partial charge in [0.25, 0.3) is 0 Å². The van der Waals surface area contributed by atoms with Crippen molar-refractivity contribution < 1.29 is 47.6 Å². The Hall–Kier alpha value is -2.77. The van der Waals surface area contributed by atoms with Crippen molar-refractivity contribution in [2.75, 3.05) is 65.1 Å². The highest BCUT2D eigenvalue weighted by atomic mass is 32.1. The van der Waals surface area contributed by atoms with E-state index in [1.807, 2.05) is 0 Å². The summed E-state index contributed by atoms with van der Waals surface area (Å²) in [5.41, 5.74) is 0. The zero-order valence-electron chi connectivity index (χ0n) is 18.5. The van der Waals surface area contributed by atoms with Gasteiger partial charge in [-0.25, -0.2) is 19.2 Å². The first-order chi connectivity index (χ1) is 15.9. The van der Waals surface area contributed by atoms with Crippen molar-refractivity contribution in [2.24, 2.45) is 0 Å². The van der Waals surface area contributed by atoms with Gasteiger partial charge in [0.05, 0.1) is 26.4 Å². The predicted molar refractivity (Wildman–Crippen MR) is 120 cm³/mol. The highest BCUT2D eigenvalue weighted by molar-refractivity contribution is 7.80. The average Bonchev–Trinajstić information content (AvgIpc) is 2.80. The Bertz CT molecular complexity index is 618. The molecule has 0 aromatic heterocycles. The molecule has 13 heteroatoms. The molecule has 0 rings (SSSR count). The summed E-state index contributed by atoms with van der Waals surface area (Å²) in [5.74, 6) is -0.660. The SMILES string of the molecule is C=CC(=O)OCCOCCNC(=O)OCC(CCS)OC(=O)NCCOCCOC(=O)C=C. The molecule has 0 aromatic rings. The van der Waals surface area contributed by atoms with Gasteiger partial charge in [-0.15, -0.1) is 0 Å². The van der Waals surface area contributed by atoms with Crippen LogP contribution in [0.25, 0.3) is 0 Å². The Labute approximate surface area is 198 Å². The lowest BCUT2D eigenvalue weighted by Gasteiger charge is -2.17. The fraction of sp³-hybridized carbons (Fsp3) is 0.600. The highest BCUT2D eigenvalue weighted by Crippen LogP contribution is 2.02. The van der Waals surface area contributed by atoms with Gasteiger partial charge in [0, 0.05) is 25.2 Å². The fourth-order valence-electron chi connectivity index (χ4n) is 1.91. The zero-order valence-corrected chi connectivity index (χ0v) is 19.3. The van der Waals surface area contributed by atoms with E-state index >= 15 is 0 Å². The minimum Gasteiger partial charge on any atom is -0.460 e. The number of ether oxygens (including phenoxy) is 6. The number of esters is 2. The van der Waals surface area contributed by atoms with Crippen molar-refractivity contribution in [1.29, 1.82) is 0 Å². The second kappa shape index (κ2) is 21.1. The van der Waals surface area contributed by atoms with Crippen LogP contribution in [-0.2, 0) is 38.0 Å². The molecule has 2 amide bonds. The van der Waals surface area contributed by atoms with Crippen LogP contribution in [0.2, 0.25) is 0 Å². The van der Waals surface area contributed by atoms with Crippen molar-refractivity contribution in [3.63, 3.8) is 0 Å². The summed E-state index contributed by atoms with van der Waals surface area (Å²) in [4.78, 5) is 45.2. The van der Waals surface area contributed by atoms with Gasteiger partial charge in [-0.2, -0.15) is 12.6 Å². The maximum atomic E-state index is 11.8. The normalized spacial score (nSPS) is 10.9. The molecule has 0 aliphatic rings. The molecule has 0 bridgehead atoms. The minimum absolute atomic E-state index is 0.0794. The van der Waals surface area contributed by atoms with Crippen LogP contribution in [0.4, 0.5) is 9.59 Å². The Kier molecular flexibility index (Phi) is 19.3. The monoisotopic (exact) mass is 492 g/mol. The molecule has 33 heavy (non-hydrogen) atoms. The number of carbonyl (C=O) groups excluding carboxylic acids is 4. The van der Waals surface area contributed by atoms with Crippen LogP contribution in [-0.4, -0.2) is 95.3 Å². The second-order valence-electron chi connectivity index (χ2n) is 5.96. The molecule has 0 fully saturated rings. The molecule has 0 aromatic carbocycles. The Morgan fingerprint density at radius 3 is 1.76 bits per heavy atom. The first-order valence-electron chi connectivity index (χ1n) is 10.1. The summed E-state index contributed by atoms with van der Waals surface area (Å²) in [6, 6.07) is 0. The van der Waals surface area contributed by atoms with Gasteiger partial charge in [0.15, 0.2) is 0 Å². The summed E-state index contributed by atoms with van der Waals surface area (Å²) in [6.45, 7) is 7.64. The maximum Gasteiger partial charge on any atom is 0.407 e. The molecule has 0 saturated heterocycles. The quantitative estimate of drug-likeness (QED) is 0.0770. The Morgan fingerprint density at radius 2 is 1.27 bits per heavy atom. The van der Waals surface area contributed by atoms with Crippen molar-refractivity contribution in [1.82, 2.24) is 10.6 Å². The number of thiol groups is 1. The van der Waals surface area contributed by atoms with Crippen molar-refractivity contribution >= 4 is 36.8 Å². The van der Waals surface area contributed by atoms with Crippen LogP contribution >= 0.6 is 12.6 Å². The van der Waals surface area contributed by atoms with E-state index in [1.54, 1.807) is 0 Å². The smallest absolute Gasteiger partial charge is 0.407 e. The second-order valence-corrected chi connectivity index (χ2v) is 6.41. The lowest BCUT2D eigenvalue weighted by atomic mass is 10.3. The van der Waals surface area contributed by atoms with Crippen LogP contribution < -0.4 is 10.6 Å². The van der Waals surface area contributed by atoms with Crippen LogP contribution in [0.5, 0.6) is 0 Å². The summed E-state index contributed by atoms with van der Waals surface area (Å²) in [5, 5.41) is 4.97. The largest absolute Gasteiger partial charge is 0.460 e. The first-order valence-corrected chi connectivity index (χ1v) is 10.8. The van der Waals surface area contributed by atoms with Gasteiger partial charge in [-0.05, 0) is 12.2 Å². The third-order valence-electron chi connectivity index (χ3n) is 3.43. The lowest BCUT2D eigenvalue weighted by Crippen LogP contribution is -2.36. The van der Waals surface area contributed by atoms with E-state index in [-0.39, 0.29) is 59.3 Å². The molecule has 0 aliphatic carbocycles. The summed E-state index contributed by atoms with van der Waals surface area (Å²) < 4.78 is 30.0. The highest BCUT2D eigenvalue weighted by Gasteiger charge is 2.16. The van der Waals surface area contributed by atoms with E-state index in [1.165, 1.54) is 0 Å². The lowest BCUT2D eigenvalue weighted by molar-refractivity contribution is -0.140. The van der Waals surface area contributed by atoms with E-state index in [0.717, 1.165) is 12.2 Å². The minimum atomic E-state index is -0.699. The van der Waals surface area contributed by atoms with Gasteiger partial charge < -0.3 is 39.1 Å². The molecule has 0 radical (unpaired) electrons. The molecule has 1 atom stereocenters. The van der Waals surface area contributed by atoms with E-state index in [9.17, 15) is 19.2 Å². The van der Waals surface area contributed by atoms with Crippen LogP contribution in [0.1, 0.15) is 6.42 Å². The number of hydrogen-bond donors (Lipinski definition) is 3. The van der Waals surface area contributed by atoms with Crippen molar-refractivity contribution in [3.8, 4) is 0 Å². The van der Waals surface area contributed by atoms with Gasteiger partial charge in [0.1, 0.15) is 25.9 Å². The molecule has 0 spiro atoms. The molecule has 188 valence electrons. The van der Waals surface area contributed by atoms with E-state index in [4.69, 9.17) is 28.4 Å². The molecule has 0 heterocycles. The molecule has 0 saturated carbocycles. The number of amides is 2. The number of alkyl carbamates (subject to hydrolysis) is 2. The Balaban J connectivity index is 3.85. The van der Waals surface area contributed by atoms with E-state index in [0.29, 0.717) is 12.2 Å². The average molecular weight is 493 g/mol. The number of rotatable bonds is 19.